The molecule has 0 aromatic heterocycles. The van der Waals surface area contributed by atoms with Crippen LogP contribution in [-0.2, 0) is 0 Å². The highest BCUT2D eigenvalue weighted by Gasteiger charge is 1.81. The number of aliphatic imine (C=N–C) groups is 2. The Morgan fingerprint density at radius 2 is 2.38 bits per heavy atom. The highest BCUT2D eigenvalue weighted by molar-refractivity contribution is 6.65. The summed E-state index contributed by atoms with van der Waals surface area (Å²) in [6, 6.07) is 0. The fourth-order valence-corrected chi connectivity index (χ4v) is 0.255. The van der Waals surface area contributed by atoms with Crippen LogP contribution in [0.3, 0.4) is 0 Å². The van der Waals surface area contributed by atoms with Crippen molar-refractivity contribution in [3.8, 4) is 0 Å². The van der Waals surface area contributed by atoms with Gasteiger partial charge in [0.2, 0.25) is 0 Å². The van der Waals surface area contributed by atoms with Gasteiger partial charge in [-0.3, -0.25) is 4.99 Å². The molecule has 0 atom stereocenters. The van der Waals surface area contributed by atoms with Gasteiger partial charge in [-0.05, 0) is 6.42 Å². The highest BCUT2D eigenvalue weighted by Crippen LogP contribution is 1.88. The molecule has 3 heteroatoms. The summed E-state index contributed by atoms with van der Waals surface area (Å²) in [5.41, 5.74) is 0. The largest absolute Gasteiger partial charge is 0.277 e. The van der Waals surface area contributed by atoms with Crippen LogP contribution in [0.15, 0.2) is 9.98 Å². The van der Waals surface area contributed by atoms with Crippen molar-refractivity contribution in [2.75, 3.05) is 7.05 Å². The van der Waals surface area contributed by atoms with E-state index in [2.05, 4.69) is 9.98 Å². The molecular formula is C5H9ClN2. The summed E-state index contributed by atoms with van der Waals surface area (Å²) in [6.07, 6.45) is 2.21. The Morgan fingerprint density at radius 1 is 1.75 bits per heavy atom. The van der Waals surface area contributed by atoms with Gasteiger partial charge in [-0.2, -0.15) is 0 Å². The van der Waals surface area contributed by atoms with Crippen molar-refractivity contribution in [3.05, 3.63) is 0 Å². The van der Waals surface area contributed by atoms with Gasteiger partial charge in [0.1, 0.15) is 11.5 Å². The Bertz CT molecular complexity index is 107. The molecule has 0 bridgehead atoms. The topological polar surface area (TPSA) is 24.7 Å². The maximum atomic E-state index is 5.50. The molecule has 0 spiro atoms. The number of halogens is 1. The van der Waals surface area contributed by atoms with Crippen LogP contribution in [0.1, 0.15) is 13.3 Å². The molecule has 0 aliphatic carbocycles. The van der Waals surface area contributed by atoms with Crippen LogP contribution >= 0.6 is 11.6 Å². The number of rotatable bonds is 2. The molecule has 0 radical (unpaired) electrons. The van der Waals surface area contributed by atoms with Crippen molar-refractivity contribution in [1.29, 1.82) is 0 Å². The Hall–Kier alpha value is -0.370. The molecule has 0 aliphatic heterocycles. The molecule has 2 nitrogen and oxygen atoms in total. The van der Waals surface area contributed by atoms with Crippen LogP contribution in [-0.4, -0.2) is 18.6 Å². The monoisotopic (exact) mass is 132 g/mol. The van der Waals surface area contributed by atoms with Gasteiger partial charge >= 0.3 is 0 Å². The van der Waals surface area contributed by atoms with Crippen LogP contribution in [0.2, 0.25) is 0 Å². The van der Waals surface area contributed by atoms with Gasteiger partial charge in [0.25, 0.3) is 0 Å². The summed E-state index contributed by atoms with van der Waals surface area (Å²) in [6.45, 7) is 1.94. The van der Waals surface area contributed by atoms with Crippen LogP contribution in [0.4, 0.5) is 0 Å². The quantitative estimate of drug-likeness (QED) is 0.404. The van der Waals surface area contributed by atoms with E-state index in [1.54, 1.807) is 7.05 Å². The molecule has 0 saturated carbocycles. The molecule has 0 rings (SSSR count). The summed E-state index contributed by atoms with van der Waals surface area (Å²) >= 11 is 5.50. The third-order valence-electron chi connectivity index (χ3n) is 0.605. The Morgan fingerprint density at radius 3 is 2.75 bits per heavy atom. The number of nitrogens with zero attached hydrogens (tertiary/aromatic N) is 2. The Balaban J connectivity index is 3.57. The van der Waals surface area contributed by atoms with Crippen molar-refractivity contribution in [2.45, 2.75) is 13.3 Å². The summed E-state index contributed by atoms with van der Waals surface area (Å²) in [5.74, 6) is 0. The first-order chi connectivity index (χ1) is 3.81. The predicted molar refractivity (Wildman–Crippen MR) is 38.0 cm³/mol. The molecule has 0 saturated heterocycles. The van der Waals surface area contributed by atoms with E-state index in [9.17, 15) is 0 Å². The van der Waals surface area contributed by atoms with Crippen LogP contribution in [0, 0.1) is 0 Å². The predicted octanol–water partition coefficient (Wildman–Crippen LogP) is 1.69. The molecule has 0 N–H and O–H groups in total. The third kappa shape index (κ3) is 3.81. The first-order valence-corrected chi connectivity index (χ1v) is 2.81. The van der Waals surface area contributed by atoms with Gasteiger partial charge in [0.05, 0.1) is 0 Å². The van der Waals surface area contributed by atoms with E-state index in [0.717, 1.165) is 6.42 Å². The molecule has 46 valence electrons. The molecule has 0 unspecified atom stereocenters. The standard InChI is InChI=1S/C5H9ClN2/c1-3-5(6)8-4-7-2/h4H,3H2,1-2H3. The molecule has 0 fully saturated rings. The summed E-state index contributed by atoms with van der Waals surface area (Å²) < 4.78 is 0. The van der Waals surface area contributed by atoms with E-state index < -0.39 is 0 Å². The summed E-state index contributed by atoms with van der Waals surface area (Å²) in [4.78, 5) is 7.38. The van der Waals surface area contributed by atoms with Gasteiger partial charge in [0.15, 0.2) is 0 Å². The number of hydrogen-bond acceptors (Lipinski definition) is 1. The Kier molecular flexibility index (Phi) is 4.56. The Labute approximate surface area is 54.3 Å². The second kappa shape index (κ2) is 4.78. The minimum atomic E-state index is 0.593. The molecule has 0 aromatic rings. The number of hydrogen-bond donors (Lipinski definition) is 0. The lowest BCUT2D eigenvalue weighted by molar-refractivity contribution is 1.31. The lowest BCUT2D eigenvalue weighted by Gasteiger charge is -1.82. The zero-order chi connectivity index (χ0) is 6.41. The van der Waals surface area contributed by atoms with E-state index >= 15 is 0 Å². The van der Waals surface area contributed by atoms with Crippen molar-refractivity contribution in [1.82, 2.24) is 0 Å². The normalized spacial score (nSPS) is 13.1. The van der Waals surface area contributed by atoms with Crippen LogP contribution in [0.25, 0.3) is 0 Å². The van der Waals surface area contributed by atoms with Crippen LogP contribution < -0.4 is 0 Å². The lowest BCUT2D eigenvalue weighted by atomic mass is 10.5. The van der Waals surface area contributed by atoms with Crippen molar-refractivity contribution in [3.63, 3.8) is 0 Å². The zero-order valence-corrected chi connectivity index (χ0v) is 5.81. The average Bonchev–Trinajstić information content (AvgIpc) is 1.83. The second-order valence-electron chi connectivity index (χ2n) is 1.23. The molecule has 0 amide bonds. The molecular weight excluding hydrogens is 124 g/mol. The van der Waals surface area contributed by atoms with Crippen molar-refractivity contribution < 1.29 is 0 Å². The molecule has 8 heavy (non-hydrogen) atoms. The smallest absolute Gasteiger partial charge is 0.110 e. The summed E-state index contributed by atoms with van der Waals surface area (Å²) in [7, 11) is 1.66. The van der Waals surface area contributed by atoms with E-state index in [0.29, 0.717) is 5.17 Å². The first-order valence-electron chi connectivity index (χ1n) is 2.44. The van der Waals surface area contributed by atoms with Crippen LogP contribution in [0.5, 0.6) is 0 Å². The van der Waals surface area contributed by atoms with E-state index in [1.807, 2.05) is 6.92 Å². The zero-order valence-electron chi connectivity index (χ0n) is 5.06. The van der Waals surface area contributed by atoms with Gasteiger partial charge < -0.3 is 0 Å². The SMILES string of the molecule is CCC(Cl)=NC=NC. The van der Waals surface area contributed by atoms with E-state index in [4.69, 9.17) is 11.6 Å². The lowest BCUT2D eigenvalue weighted by Crippen LogP contribution is -1.81. The molecule has 0 aliphatic rings. The van der Waals surface area contributed by atoms with Gasteiger partial charge in [0, 0.05) is 7.05 Å². The van der Waals surface area contributed by atoms with Gasteiger partial charge in [-0.25, -0.2) is 4.99 Å². The first kappa shape index (κ1) is 7.63. The van der Waals surface area contributed by atoms with Gasteiger partial charge in [-0.1, -0.05) is 18.5 Å². The fourth-order valence-electron chi connectivity index (χ4n) is 0.212. The van der Waals surface area contributed by atoms with E-state index in [1.165, 1.54) is 6.34 Å². The second-order valence-corrected chi connectivity index (χ2v) is 1.67. The van der Waals surface area contributed by atoms with Crippen molar-refractivity contribution in [2.24, 2.45) is 9.98 Å². The minimum absolute atomic E-state index is 0.593. The minimum Gasteiger partial charge on any atom is -0.277 e. The summed E-state index contributed by atoms with van der Waals surface area (Å²) in [5, 5.41) is 0.593. The van der Waals surface area contributed by atoms with Gasteiger partial charge in [-0.15, -0.1) is 0 Å². The fraction of sp³-hybridized carbons (Fsp3) is 0.600. The highest BCUT2D eigenvalue weighted by atomic mass is 35.5. The van der Waals surface area contributed by atoms with Crippen molar-refractivity contribution >= 4 is 23.1 Å². The average molecular weight is 133 g/mol. The molecule has 0 aromatic carbocycles. The maximum absolute atomic E-state index is 5.50. The third-order valence-corrected chi connectivity index (χ3v) is 0.970. The molecule has 0 heterocycles. The van der Waals surface area contributed by atoms with E-state index in [-0.39, 0.29) is 0 Å². The maximum Gasteiger partial charge on any atom is 0.110 e.